The standard InChI is InChI=1S/C10H15NO2/c1-6-9(10(2,3)4)13-8-5-7(12)11(6)8/h8H,5H2,1-4H3/t8-/m0/s1. The Morgan fingerprint density at radius 2 is 2.08 bits per heavy atom. The predicted molar refractivity (Wildman–Crippen MR) is 48.5 cm³/mol. The van der Waals surface area contributed by atoms with Crippen LogP contribution in [0.5, 0.6) is 0 Å². The van der Waals surface area contributed by atoms with E-state index in [0.717, 1.165) is 11.5 Å². The second-order valence-corrected chi connectivity index (χ2v) is 4.70. The maximum Gasteiger partial charge on any atom is 0.235 e. The average molecular weight is 181 g/mol. The van der Waals surface area contributed by atoms with Crippen LogP contribution in [0.2, 0.25) is 0 Å². The highest BCUT2D eigenvalue weighted by molar-refractivity contribution is 5.85. The van der Waals surface area contributed by atoms with Crippen LogP contribution in [0.4, 0.5) is 0 Å². The molecule has 13 heavy (non-hydrogen) atoms. The molecule has 1 amide bonds. The number of carbonyl (C=O) groups is 1. The van der Waals surface area contributed by atoms with Gasteiger partial charge >= 0.3 is 0 Å². The van der Waals surface area contributed by atoms with Crippen LogP contribution in [0.3, 0.4) is 0 Å². The molecule has 3 nitrogen and oxygen atoms in total. The van der Waals surface area contributed by atoms with Crippen LogP contribution in [0.15, 0.2) is 11.5 Å². The van der Waals surface area contributed by atoms with E-state index in [2.05, 4.69) is 20.8 Å². The van der Waals surface area contributed by atoms with Crippen LogP contribution in [0, 0.1) is 5.41 Å². The first-order chi connectivity index (χ1) is 5.91. The summed E-state index contributed by atoms with van der Waals surface area (Å²) in [6.45, 7) is 8.25. The van der Waals surface area contributed by atoms with Crippen LogP contribution < -0.4 is 0 Å². The number of amides is 1. The summed E-state index contributed by atoms with van der Waals surface area (Å²) in [6, 6.07) is 0. The maximum absolute atomic E-state index is 11.2. The van der Waals surface area contributed by atoms with Crippen molar-refractivity contribution in [3.8, 4) is 0 Å². The summed E-state index contributed by atoms with van der Waals surface area (Å²) in [5, 5.41) is 0. The van der Waals surface area contributed by atoms with Gasteiger partial charge in [-0.3, -0.25) is 9.69 Å². The van der Waals surface area contributed by atoms with Gasteiger partial charge in [-0.2, -0.15) is 0 Å². The lowest BCUT2D eigenvalue weighted by atomic mass is 9.93. The zero-order chi connectivity index (χ0) is 9.80. The van der Waals surface area contributed by atoms with E-state index in [-0.39, 0.29) is 17.6 Å². The highest BCUT2D eigenvalue weighted by Crippen LogP contribution is 2.42. The number of ether oxygens (including phenoxy) is 1. The molecule has 0 aromatic rings. The number of nitrogens with zero attached hydrogens (tertiary/aromatic N) is 1. The van der Waals surface area contributed by atoms with Gasteiger partial charge in [0.05, 0.1) is 12.1 Å². The molecule has 0 aromatic carbocycles. The van der Waals surface area contributed by atoms with Crippen LogP contribution in [-0.4, -0.2) is 17.0 Å². The number of carbonyl (C=O) groups excluding carboxylic acids is 1. The lowest BCUT2D eigenvalue weighted by Crippen LogP contribution is -2.48. The predicted octanol–water partition coefficient (Wildman–Crippen LogP) is 1.85. The molecule has 1 saturated heterocycles. The molecule has 1 atom stereocenters. The minimum atomic E-state index is 0.00160. The Morgan fingerprint density at radius 3 is 2.46 bits per heavy atom. The third-order valence-corrected chi connectivity index (χ3v) is 2.53. The molecule has 72 valence electrons. The monoisotopic (exact) mass is 181 g/mol. The average Bonchev–Trinajstić information content (AvgIpc) is 2.18. The minimum absolute atomic E-state index is 0.00160. The van der Waals surface area contributed by atoms with E-state index in [4.69, 9.17) is 4.74 Å². The van der Waals surface area contributed by atoms with Crippen molar-refractivity contribution in [2.75, 3.05) is 0 Å². The first kappa shape index (κ1) is 8.60. The van der Waals surface area contributed by atoms with E-state index < -0.39 is 0 Å². The molecule has 0 N–H and O–H groups in total. The van der Waals surface area contributed by atoms with Gasteiger partial charge in [0.2, 0.25) is 5.91 Å². The van der Waals surface area contributed by atoms with Gasteiger partial charge in [0, 0.05) is 5.41 Å². The fourth-order valence-corrected chi connectivity index (χ4v) is 1.93. The quantitative estimate of drug-likeness (QED) is 0.534. The van der Waals surface area contributed by atoms with Crippen LogP contribution >= 0.6 is 0 Å². The lowest BCUT2D eigenvalue weighted by Gasteiger charge is -2.33. The summed E-state index contributed by atoms with van der Waals surface area (Å²) in [4.78, 5) is 13.0. The first-order valence-electron chi connectivity index (χ1n) is 4.61. The Kier molecular flexibility index (Phi) is 1.51. The molecule has 2 rings (SSSR count). The van der Waals surface area contributed by atoms with Gasteiger partial charge in [0.15, 0.2) is 6.23 Å². The third kappa shape index (κ3) is 1.06. The third-order valence-electron chi connectivity index (χ3n) is 2.53. The SMILES string of the molecule is CC1=C(C(C)(C)C)O[C@H]2CC(=O)N12. The Labute approximate surface area is 78.4 Å². The zero-order valence-corrected chi connectivity index (χ0v) is 8.55. The second-order valence-electron chi connectivity index (χ2n) is 4.70. The van der Waals surface area contributed by atoms with Gasteiger partial charge in [-0.15, -0.1) is 0 Å². The molecule has 0 spiro atoms. The Balaban J connectivity index is 2.31. The van der Waals surface area contributed by atoms with Crippen molar-refractivity contribution in [2.45, 2.75) is 40.3 Å². The number of fused-ring (bicyclic) bond motifs is 1. The van der Waals surface area contributed by atoms with Crippen molar-refractivity contribution in [1.82, 2.24) is 4.90 Å². The normalized spacial score (nSPS) is 27.2. The van der Waals surface area contributed by atoms with Crippen molar-refractivity contribution in [3.05, 3.63) is 11.5 Å². The van der Waals surface area contributed by atoms with Gasteiger partial charge in [-0.05, 0) is 6.92 Å². The van der Waals surface area contributed by atoms with E-state index in [1.165, 1.54) is 0 Å². The number of β-lactam (4-membered cyclic amide) rings is 1. The summed E-state index contributed by atoms with van der Waals surface area (Å²) in [7, 11) is 0. The molecule has 1 fully saturated rings. The number of rotatable bonds is 0. The summed E-state index contributed by atoms with van der Waals surface area (Å²) in [5.41, 5.74) is 0.996. The highest BCUT2D eigenvalue weighted by atomic mass is 16.5. The molecule has 0 aliphatic carbocycles. The largest absolute Gasteiger partial charge is 0.472 e. The van der Waals surface area contributed by atoms with Crippen molar-refractivity contribution >= 4 is 5.91 Å². The minimum Gasteiger partial charge on any atom is -0.472 e. The van der Waals surface area contributed by atoms with Gasteiger partial charge in [-0.1, -0.05) is 20.8 Å². The zero-order valence-electron chi connectivity index (χ0n) is 8.55. The van der Waals surface area contributed by atoms with Gasteiger partial charge in [0.25, 0.3) is 0 Å². The van der Waals surface area contributed by atoms with Gasteiger partial charge in [-0.25, -0.2) is 0 Å². The summed E-state index contributed by atoms with van der Waals surface area (Å²) < 4.78 is 5.69. The summed E-state index contributed by atoms with van der Waals surface area (Å²) >= 11 is 0. The molecule has 0 radical (unpaired) electrons. The van der Waals surface area contributed by atoms with Crippen molar-refractivity contribution in [3.63, 3.8) is 0 Å². The topological polar surface area (TPSA) is 29.5 Å². The maximum atomic E-state index is 11.2. The summed E-state index contributed by atoms with van der Waals surface area (Å²) in [5.74, 6) is 1.14. The number of allylic oxidation sites excluding steroid dienone is 2. The Morgan fingerprint density at radius 1 is 1.46 bits per heavy atom. The summed E-state index contributed by atoms with van der Waals surface area (Å²) in [6.07, 6.45) is 0.540. The van der Waals surface area contributed by atoms with Crippen LogP contribution in [0.25, 0.3) is 0 Å². The molecule has 0 bridgehead atoms. The van der Waals surface area contributed by atoms with E-state index in [1.54, 1.807) is 4.90 Å². The first-order valence-corrected chi connectivity index (χ1v) is 4.61. The highest BCUT2D eigenvalue weighted by Gasteiger charge is 2.47. The molecule has 2 aliphatic heterocycles. The van der Waals surface area contributed by atoms with Crippen molar-refractivity contribution < 1.29 is 9.53 Å². The lowest BCUT2D eigenvalue weighted by molar-refractivity contribution is -0.155. The van der Waals surface area contributed by atoms with E-state index in [1.807, 2.05) is 6.92 Å². The molecule has 3 heteroatoms. The molecule has 0 aromatic heterocycles. The molecule has 0 unspecified atom stereocenters. The number of hydrogen-bond donors (Lipinski definition) is 0. The van der Waals surface area contributed by atoms with Crippen LogP contribution in [0.1, 0.15) is 34.1 Å². The molecular weight excluding hydrogens is 166 g/mol. The molecular formula is C10H15NO2. The number of hydrogen-bond acceptors (Lipinski definition) is 2. The van der Waals surface area contributed by atoms with E-state index in [0.29, 0.717) is 6.42 Å². The van der Waals surface area contributed by atoms with Gasteiger partial charge < -0.3 is 4.74 Å². The molecule has 2 aliphatic rings. The van der Waals surface area contributed by atoms with E-state index in [9.17, 15) is 4.79 Å². The fraction of sp³-hybridized carbons (Fsp3) is 0.700. The van der Waals surface area contributed by atoms with Crippen molar-refractivity contribution in [2.24, 2.45) is 5.41 Å². The molecule has 0 saturated carbocycles. The molecule has 2 heterocycles. The Bertz CT molecular complexity index is 299. The second kappa shape index (κ2) is 2.28. The van der Waals surface area contributed by atoms with Crippen LogP contribution in [-0.2, 0) is 9.53 Å². The van der Waals surface area contributed by atoms with E-state index >= 15 is 0 Å². The Hall–Kier alpha value is -0.990. The smallest absolute Gasteiger partial charge is 0.235 e. The van der Waals surface area contributed by atoms with Gasteiger partial charge in [0.1, 0.15) is 5.76 Å². The van der Waals surface area contributed by atoms with Crippen molar-refractivity contribution in [1.29, 1.82) is 0 Å². The fourth-order valence-electron chi connectivity index (χ4n) is 1.93.